The highest BCUT2D eigenvalue weighted by Gasteiger charge is 2.04. The van der Waals surface area contributed by atoms with E-state index in [9.17, 15) is 0 Å². The molecule has 0 bridgehead atoms. The Hall–Kier alpha value is -0.540. The summed E-state index contributed by atoms with van der Waals surface area (Å²) in [5.74, 6) is 0. The molecule has 0 aliphatic heterocycles. The molecule has 0 saturated carbocycles. The molecule has 0 aliphatic carbocycles. The molecule has 0 aliphatic rings. The Morgan fingerprint density at radius 2 is 1.93 bits per heavy atom. The molecule has 0 heterocycles. The van der Waals surface area contributed by atoms with Gasteiger partial charge in [-0.15, -0.1) is 0 Å². The number of rotatable bonds is 4. The zero-order valence-electron chi connectivity index (χ0n) is 8.76. The molecule has 1 rings (SSSR count). The fraction of sp³-hybridized carbons (Fsp3) is 0.455. The fourth-order valence-corrected chi connectivity index (χ4v) is 2.02. The van der Waals surface area contributed by atoms with Crippen LogP contribution < -0.4 is 10.6 Å². The van der Waals surface area contributed by atoms with Crippen molar-refractivity contribution >= 4 is 21.6 Å². The molecule has 0 saturated heterocycles. The number of nitrogens with two attached hydrogens (primary N) is 1. The molecule has 0 unspecified atom stereocenters. The highest BCUT2D eigenvalue weighted by atomic mass is 79.9. The second kappa shape index (κ2) is 5.37. The molecule has 1 aromatic rings. The summed E-state index contributed by atoms with van der Waals surface area (Å²) in [6.45, 7) is 6.97. The van der Waals surface area contributed by atoms with Gasteiger partial charge in [0.2, 0.25) is 0 Å². The van der Waals surface area contributed by atoms with Gasteiger partial charge >= 0.3 is 0 Å². The van der Waals surface area contributed by atoms with Crippen LogP contribution in [0.3, 0.4) is 0 Å². The zero-order valence-corrected chi connectivity index (χ0v) is 10.3. The van der Waals surface area contributed by atoms with Gasteiger partial charge in [0.25, 0.3) is 0 Å². The number of hydrogen-bond donors (Lipinski definition) is 1. The maximum atomic E-state index is 5.60. The van der Waals surface area contributed by atoms with Gasteiger partial charge in [-0.25, -0.2) is 0 Å². The highest BCUT2D eigenvalue weighted by Crippen LogP contribution is 2.23. The van der Waals surface area contributed by atoms with Crippen LogP contribution in [-0.4, -0.2) is 13.1 Å². The van der Waals surface area contributed by atoms with Gasteiger partial charge in [0, 0.05) is 29.8 Å². The van der Waals surface area contributed by atoms with Crippen LogP contribution in [0.25, 0.3) is 0 Å². The molecule has 0 spiro atoms. The molecular weight excluding hydrogens is 240 g/mol. The molecule has 0 atom stereocenters. The second-order valence-corrected chi connectivity index (χ2v) is 4.01. The number of halogens is 1. The van der Waals surface area contributed by atoms with Gasteiger partial charge in [-0.2, -0.15) is 0 Å². The molecule has 2 N–H and O–H groups in total. The Balaban J connectivity index is 2.95. The standard InChI is InChI=1S/C11H17BrN2/c1-3-14(4-2)10-6-5-9(8-13)11(12)7-10/h5-7H,3-4,8,13H2,1-2H3. The maximum Gasteiger partial charge on any atom is 0.0377 e. The minimum atomic E-state index is 0.582. The first-order valence-electron chi connectivity index (χ1n) is 4.96. The van der Waals surface area contributed by atoms with Gasteiger partial charge < -0.3 is 10.6 Å². The Morgan fingerprint density at radius 3 is 2.36 bits per heavy atom. The van der Waals surface area contributed by atoms with Crippen molar-refractivity contribution in [2.75, 3.05) is 18.0 Å². The van der Waals surface area contributed by atoms with Crippen LogP contribution in [0.5, 0.6) is 0 Å². The van der Waals surface area contributed by atoms with E-state index in [0.717, 1.165) is 23.1 Å². The molecule has 2 nitrogen and oxygen atoms in total. The van der Waals surface area contributed by atoms with Crippen molar-refractivity contribution in [2.24, 2.45) is 5.73 Å². The third kappa shape index (κ3) is 2.49. The minimum Gasteiger partial charge on any atom is -0.372 e. The third-order valence-electron chi connectivity index (χ3n) is 2.39. The Morgan fingerprint density at radius 1 is 1.29 bits per heavy atom. The van der Waals surface area contributed by atoms with Crippen LogP contribution in [0.2, 0.25) is 0 Å². The lowest BCUT2D eigenvalue weighted by Gasteiger charge is -2.21. The van der Waals surface area contributed by atoms with Gasteiger partial charge in [0.15, 0.2) is 0 Å². The van der Waals surface area contributed by atoms with Gasteiger partial charge in [0.1, 0.15) is 0 Å². The predicted molar refractivity (Wildman–Crippen MR) is 65.6 cm³/mol. The van der Waals surface area contributed by atoms with E-state index < -0.39 is 0 Å². The van der Waals surface area contributed by atoms with E-state index in [1.165, 1.54) is 5.69 Å². The lowest BCUT2D eigenvalue weighted by Crippen LogP contribution is -2.21. The normalized spacial score (nSPS) is 10.3. The van der Waals surface area contributed by atoms with E-state index in [1.807, 2.05) is 0 Å². The first-order valence-corrected chi connectivity index (χ1v) is 5.75. The fourth-order valence-electron chi connectivity index (χ4n) is 1.49. The van der Waals surface area contributed by atoms with Crippen molar-refractivity contribution in [1.82, 2.24) is 0 Å². The topological polar surface area (TPSA) is 29.3 Å². The summed E-state index contributed by atoms with van der Waals surface area (Å²) in [5, 5.41) is 0. The van der Waals surface area contributed by atoms with E-state index in [-0.39, 0.29) is 0 Å². The van der Waals surface area contributed by atoms with Gasteiger partial charge in [-0.3, -0.25) is 0 Å². The Kier molecular flexibility index (Phi) is 4.42. The minimum absolute atomic E-state index is 0.582. The van der Waals surface area contributed by atoms with Gasteiger partial charge in [0.05, 0.1) is 0 Å². The summed E-state index contributed by atoms with van der Waals surface area (Å²) in [4.78, 5) is 2.31. The Bertz CT molecular complexity index is 295. The predicted octanol–water partition coefficient (Wildman–Crippen LogP) is 2.75. The summed E-state index contributed by atoms with van der Waals surface area (Å²) in [5.41, 5.74) is 8.00. The van der Waals surface area contributed by atoms with Crippen LogP contribution in [0.1, 0.15) is 19.4 Å². The molecule has 0 amide bonds. The Labute approximate surface area is 94.2 Å². The summed E-state index contributed by atoms with van der Waals surface area (Å²) in [7, 11) is 0. The van der Waals surface area contributed by atoms with Crippen molar-refractivity contribution in [3.63, 3.8) is 0 Å². The van der Waals surface area contributed by atoms with Crippen LogP contribution in [0.4, 0.5) is 5.69 Å². The summed E-state index contributed by atoms with van der Waals surface area (Å²) in [6.07, 6.45) is 0. The number of nitrogens with zero attached hydrogens (tertiary/aromatic N) is 1. The van der Waals surface area contributed by atoms with E-state index in [0.29, 0.717) is 6.54 Å². The molecule has 3 heteroatoms. The second-order valence-electron chi connectivity index (χ2n) is 3.15. The van der Waals surface area contributed by atoms with Crippen molar-refractivity contribution in [2.45, 2.75) is 20.4 Å². The molecule has 78 valence electrons. The lowest BCUT2D eigenvalue weighted by molar-refractivity contribution is 0.864. The molecular formula is C11H17BrN2. The van der Waals surface area contributed by atoms with E-state index in [2.05, 4.69) is 52.9 Å². The molecule has 0 aromatic heterocycles. The van der Waals surface area contributed by atoms with Gasteiger partial charge in [-0.05, 0) is 31.5 Å². The molecule has 1 aromatic carbocycles. The first-order chi connectivity index (χ1) is 6.72. The van der Waals surface area contributed by atoms with Crippen LogP contribution in [0, 0.1) is 0 Å². The molecule has 0 fully saturated rings. The average Bonchev–Trinajstić information content (AvgIpc) is 2.20. The van der Waals surface area contributed by atoms with E-state index >= 15 is 0 Å². The lowest BCUT2D eigenvalue weighted by atomic mass is 10.2. The molecule has 0 radical (unpaired) electrons. The van der Waals surface area contributed by atoms with Crippen molar-refractivity contribution < 1.29 is 0 Å². The average molecular weight is 257 g/mol. The third-order valence-corrected chi connectivity index (χ3v) is 3.12. The zero-order chi connectivity index (χ0) is 10.6. The van der Waals surface area contributed by atoms with Crippen LogP contribution >= 0.6 is 15.9 Å². The van der Waals surface area contributed by atoms with E-state index in [4.69, 9.17) is 5.73 Å². The van der Waals surface area contributed by atoms with Crippen LogP contribution in [0.15, 0.2) is 22.7 Å². The summed E-state index contributed by atoms with van der Waals surface area (Å²) in [6, 6.07) is 6.34. The largest absolute Gasteiger partial charge is 0.372 e. The first kappa shape index (κ1) is 11.5. The van der Waals surface area contributed by atoms with E-state index in [1.54, 1.807) is 0 Å². The molecule has 14 heavy (non-hydrogen) atoms. The number of benzene rings is 1. The maximum absolute atomic E-state index is 5.60. The monoisotopic (exact) mass is 256 g/mol. The van der Waals surface area contributed by atoms with Crippen molar-refractivity contribution in [1.29, 1.82) is 0 Å². The summed E-state index contributed by atoms with van der Waals surface area (Å²) >= 11 is 3.53. The number of anilines is 1. The highest BCUT2D eigenvalue weighted by molar-refractivity contribution is 9.10. The quantitative estimate of drug-likeness (QED) is 0.898. The summed E-state index contributed by atoms with van der Waals surface area (Å²) < 4.78 is 1.10. The number of hydrogen-bond acceptors (Lipinski definition) is 2. The SMILES string of the molecule is CCN(CC)c1ccc(CN)c(Br)c1. The van der Waals surface area contributed by atoms with Crippen molar-refractivity contribution in [3.05, 3.63) is 28.2 Å². The van der Waals surface area contributed by atoms with Gasteiger partial charge in [-0.1, -0.05) is 22.0 Å². The van der Waals surface area contributed by atoms with Crippen molar-refractivity contribution in [3.8, 4) is 0 Å². The van der Waals surface area contributed by atoms with Crippen LogP contribution in [-0.2, 0) is 6.54 Å². The smallest absolute Gasteiger partial charge is 0.0377 e.